The van der Waals surface area contributed by atoms with E-state index < -0.39 is 15.1 Å². The zero-order valence-corrected chi connectivity index (χ0v) is 36.6. The average molecular weight is 679 g/mol. The van der Waals surface area contributed by atoms with Crippen molar-refractivity contribution in [3.63, 3.8) is 0 Å². The van der Waals surface area contributed by atoms with Crippen LogP contribution in [0.2, 0.25) is 0 Å². The maximum atomic E-state index is 6.27. The van der Waals surface area contributed by atoms with Crippen molar-refractivity contribution in [1.82, 2.24) is 0 Å². The van der Waals surface area contributed by atoms with Gasteiger partial charge in [0, 0.05) is 17.2 Å². The zero-order valence-electron chi connectivity index (χ0n) is 34.8. The van der Waals surface area contributed by atoms with Crippen LogP contribution in [-0.2, 0) is 37.2 Å². The van der Waals surface area contributed by atoms with Gasteiger partial charge in [0.1, 0.15) is 0 Å². The van der Waals surface area contributed by atoms with Gasteiger partial charge in [0.15, 0.2) is 0 Å². The van der Waals surface area contributed by atoms with Crippen molar-refractivity contribution in [1.29, 1.82) is 0 Å². The highest BCUT2D eigenvalue weighted by atomic mass is 31.2. The predicted molar refractivity (Wildman–Crippen MR) is 219 cm³/mol. The summed E-state index contributed by atoms with van der Waals surface area (Å²) in [5.74, 6) is 0. The molecule has 0 radical (unpaired) electrons. The minimum absolute atomic E-state index is 0.00774. The Hall–Kier alpha value is -1.13. The van der Waals surface area contributed by atoms with E-state index >= 15 is 0 Å². The normalized spacial score (nSPS) is 18.2. The molecule has 1 heterocycles. The summed E-state index contributed by atoms with van der Waals surface area (Å²) in [6, 6.07) is 10.3. The van der Waals surface area contributed by atoms with Gasteiger partial charge in [-0.2, -0.15) is 0 Å². The maximum absolute atomic E-state index is 6.27. The summed E-state index contributed by atoms with van der Waals surface area (Å²) >= 11 is 0. The molecule has 3 rings (SSSR count). The molecule has 264 valence electrons. The second-order valence-corrected chi connectivity index (χ2v) is 27.0. The summed E-state index contributed by atoms with van der Waals surface area (Å²) < 4.78 is 6.27. The van der Waals surface area contributed by atoms with E-state index in [1.807, 2.05) is 7.11 Å². The van der Waals surface area contributed by atoms with Crippen LogP contribution in [-0.4, -0.2) is 28.7 Å². The average Bonchev–Trinajstić information content (AvgIpc) is 2.81. The summed E-state index contributed by atoms with van der Waals surface area (Å²) in [7, 11) is 0.636. The van der Waals surface area contributed by atoms with E-state index in [0.29, 0.717) is 0 Å². The fourth-order valence-electron chi connectivity index (χ4n) is 6.78. The van der Waals surface area contributed by atoms with E-state index in [1.165, 1.54) is 33.4 Å². The van der Waals surface area contributed by atoms with Crippen LogP contribution in [0.3, 0.4) is 0 Å². The number of hydrogen-bond acceptors (Lipinski definition) is 1. The molecule has 0 aliphatic carbocycles. The molecule has 47 heavy (non-hydrogen) atoms. The first-order valence-corrected chi connectivity index (χ1v) is 20.8. The highest BCUT2D eigenvalue weighted by molar-refractivity contribution is 8.15. The van der Waals surface area contributed by atoms with Crippen LogP contribution in [0.15, 0.2) is 24.3 Å². The van der Waals surface area contributed by atoms with Gasteiger partial charge in [-0.25, -0.2) is 0 Å². The van der Waals surface area contributed by atoms with Gasteiger partial charge >= 0.3 is 0 Å². The molecule has 2 aromatic carbocycles. The molecule has 0 saturated carbocycles. The van der Waals surface area contributed by atoms with Crippen LogP contribution in [0, 0.1) is 0 Å². The molecule has 1 aliphatic rings. The molecule has 0 amide bonds. The molecule has 0 atom stereocenters. The van der Waals surface area contributed by atoms with E-state index in [0.717, 1.165) is 6.35 Å². The van der Waals surface area contributed by atoms with E-state index in [4.69, 9.17) is 4.74 Å². The fraction of sp³-hybridized carbons (Fsp3) is 0.682. The highest BCUT2D eigenvalue weighted by Crippen LogP contribution is 2.69. The molecule has 1 nitrogen and oxygen atoms in total. The Bertz CT molecular complexity index is 1410. The fourth-order valence-corrected chi connectivity index (χ4v) is 15.5. The Morgan fingerprint density at radius 1 is 0.426 bits per heavy atom. The zero-order chi connectivity index (χ0) is 36.7. The third kappa shape index (κ3) is 8.27. The van der Waals surface area contributed by atoms with Crippen LogP contribution in [0.25, 0.3) is 0 Å². The smallest absolute Gasteiger partial charge is 0.0853 e. The predicted octanol–water partition coefficient (Wildman–Crippen LogP) is 13.5. The Morgan fingerprint density at radius 2 is 0.681 bits per heavy atom. The van der Waals surface area contributed by atoms with Crippen LogP contribution >= 0.6 is 15.1 Å². The van der Waals surface area contributed by atoms with Gasteiger partial charge in [0.25, 0.3) is 0 Å². The molecule has 0 spiro atoms. The summed E-state index contributed by atoms with van der Waals surface area (Å²) in [4.78, 5) is 0. The molecule has 0 unspecified atom stereocenters. The number of benzene rings is 2. The lowest BCUT2D eigenvalue weighted by Crippen LogP contribution is -2.35. The Balaban J connectivity index is 2.82. The molecule has 0 fully saturated rings. The molecular formula is C44H72OP2. The molecule has 1 aliphatic heterocycles. The lowest BCUT2D eigenvalue weighted by molar-refractivity contribution is 0.257. The molecule has 3 heteroatoms. The number of rotatable bonds is 4. The molecule has 0 aromatic heterocycles. The molecule has 0 bridgehead atoms. The second-order valence-electron chi connectivity index (χ2n) is 21.4. The van der Waals surface area contributed by atoms with Crippen LogP contribution < -0.4 is 0 Å². The van der Waals surface area contributed by atoms with Gasteiger partial charge in [-0.15, -0.1) is 0 Å². The first-order chi connectivity index (χ1) is 20.7. The third-order valence-electron chi connectivity index (χ3n) is 9.55. The van der Waals surface area contributed by atoms with Crippen LogP contribution in [0.5, 0.6) is 0 Å². The Labute approximate surface area is 294 Å². The van der Waals surface area contributed by atoms with E-state index in [2.05, 4.69) is 170 Å². The lowest BCUT2D eigenvalue weighted by atomic mass is 9.72. The van der Waals surface area contributed by atoms with Crippen molar-refractivity contribution in [2.45, 2.75) is 183 Å². The number of hydrogen-bond donors (Lipinski definition) is 0. The largest absolute Gasteiger partial charge is 0.376 e. The van der Waals surface area contributed by atoms with E-state index in [-0.39, 0.29) is 37.6 Å². The number of methoxy groups -OCH3 is 1. The van der Waals surface area contributed by atoms with Crippen molar-refractivity contribution in [3.05, 3.63) is 68.8 Å². The Morgan fingerprint density at radius 3 is 0.851 bits per heavy atom. The molecule has 0 saturated heterocycles. The van der Waals surface area contributed by atoms with Gasteiger partial charge in [-0.05, 0) is 90.1 Å². The van der Waals surface area contributed by atoms with Crippen molar-refractivity contribution in [3.8, 4) is 0 Å². The minimum atomic E-state index is -0.670. The lowest BCUT2D eigenvalue weighted by Gasteiger charge is -2.47. The van der Waals surface area contributed by atoms with Crippen molar-refractivity contribution in [2.24, 2.45) is 0 Å². The van der Waals surface area contributed by atoms with Crippen molar-refractivity contribution in [2.75, 3.05) is 13.5 Å². The standard InChI is InChI=1S/C44H72OP2/c1-38(2,3)28-23-30(40(7,8)9)34(31(24-28)41(10,11)12)36-46(27-45-22)37(47(36)44(19,20)21)35-32(42(13,14)15)25-29(39(4,5)6)26-33(35)43(16,17)18/h23-26H,27H2,1-22H3. The first kappa shape index (κ1) is 40.3. The highest BCUT2D eigenvalue weighted by Gasteiger charge is 2.46. The monoisotopic (exact) mass is 679 g/mol. The number of ether oxygens (including phenoxy) is 1. The maximum Gasteiger partial charge on any atom is 0.0853 e. The molecule has 2 aromatic rings. The molecule has 0 N–H and O–H groups in total. The molecular weight excluding hydrogens is 606 g/mol. The van der Waals surface area contributed by atoms with Crippen LogP contribution in [0.1, 0.15) is 190 Å². The minimum Gasteiger partial charge on any atom is -0.376 e. The SMILES string of the molecule is COCP1=C(c2c(C(C)(C)C)cc(C(C)(C)C)cc2C(C)(C)C)P(C(C)(C)C)C=1c1c(C(C)(C)C)cc(C(C)(C)C)cc1C(C)(C)C. The second kappa shape index (κ2) is 12.6. The van der Waals surface area contributed by atoms with Crippen molar-refractivity contribution < 1.29 is 4.74 Å². The van der Waals surface area contributed by atoms with Crippen molar-refractivity contribution >= 4 is 25.2 Å². The topological polar surface area (TPSA) is 9.23 Å². The Kier molecular flexibility index (Phi) is 10.8. The summed E-state index contributed by atoms with van der Waals surface area (Å²) in [5.41, 5.74) is 12.2. The third-order valence-corrected chi connectivity index (χ3v) is 16.8. The first-order valence-electron chi connectivity index (χ1n) is 17.9. The van der Waals surface area contributed by atoms with Gasteiger partial charge in [0.05, 0.1) is 6.35 Å². The van der Waals surface area contributed by atoms with E-state index in [9.17, 15) is 0 Å². The summed E-state index contributed by atoms with van der Waals surface area (Å²) in [5, 5.41) is 3.54. The van der Waals surface area contributed by atoms with Gasteiger partial charge < -0.3 is 4.74 Å². The summed E-state index contributed by atoms with van der Waals surface area (Å²) in [6.07, 6.45) is 0.775. The van der Waals surface area contributed by atoms with Gasteiger partial charge in [0.2, 0.25) is 0 Å². The quantitative estimate of drug-likeness (QED) is 0.293. The van der Waals surface area contributed by atoms with Gasteiger partial charge in [-0.1, -0.05) is 177 Å². The summed E-state index contributed by atoms with van der Waals surface area (Å²) in [6.45, 7) is 50.8. The van der Waals surface area contributed by atoms with Crippen LogP contribution in [0.4, 0.5) is 0 Å². The van der Waals surface area contributed by atoms with E-state index in [1.54, 1.807) is 21.2 Å². The van der Waals surface area contributed by atoms with Gasteiger partial charge in [-0.3, -0.25) is 0 Å².